The molecule has 0 aromatic heterocycles. The molecule has 2 aliphatic heterocycles. The van der Waals surface area contributed by atoms with Gasteiger partial charge in [0.2, 0.25) is 0 Å². The molecule has 1 atom stereocenters. The van der Waals surface area contributed by atoms with Gasteiger partial charge in [-0.2, -0.15) is 0 Å². The molecule has 0 unspecified atom stereocenters. The lowest BCUT2D eigenvalue weighted by Crippen LogP contribution is -2.40. The molecule has 0 bridgehead atoms. The van der Waals surface area contributed by atoms with E-state index in [2.05, 4.69) is 44.3 Å². The molecule has 2 heterocycles. The molecule has 2 aliphatic rings. The summed E-state index contributed by atoms with van der Waals surface area (Å²) < 4.78 is 1.21. The van der Waals surface area contributed by atoms with E-state index in [0.717, 1.165) is 6.54 Å². The molecule has 1 aromatic carbocycles. The van der Waals surface area contributed by atoms with Gasteiger partial charge in [-0.1, -0.05) is 15.9 Å². The average molecular weight is 281 g/mol. The SMILES string of the molecule is Brc1ccc2c(c1)CCCN2[C@@H]1CCNC1. The second-order valence-electron chi connectivity index (χ2n) is 4.72. The Morgan fingerprint density at radius 3 is 3.12 bits per heavy atom. The average Bonchev–Trinajstić information content (AvgIpc) is 2.81. The Morgan fingerprint density at radius 2 is 2.31 bits per heavy atom. The van der Waals surface area contributed by atoms with Crippen LogP contribution in [0.4, 0.5) is 5.69 Å². The van der Waals surface area contributed by atoms with Crippen LogP contribution in [-0.2, 0) is 6.42 Å². The molecule has 0 amide bonds. The van der Waals surface area contributed by atoms with Crippen LogP contribution in [0.15, 0.2) is 22.7 Å². The van der Waals surface area contributed by atoms with Gasteiger partial charge >= 0.3 is 0 Å². The quantitative estimate of drug-likeness (QED) is 0.851. The monoisotopic (exact) mass is 280 g/mol. The normalized spacial score (nSPS) is 24.6. The van der Waals surface area contributed by atoms with E-state index in [9.17, 15) is 0 Å². The van der Waals surface area contributed by atoms with Crippen LogP contribution in [0.5, 0.6) is 0 Å². The van der Waals surface area contributed by atoms with E-state index in [1.54, 1.807) is 0 Å². The van der Waals surface area contributed by atoms with Crippen LogP contribution >= 0.6 is 15.9 Å². The van der Waals surface area contributed by atoms with E-state index in [-0.39, 0.29) is 0 Å². The first-order valence-corrected chi connectivity index (χ1v) is 6.90. The van der Waals surface area contributed by atoms with Crippen LogP contribution in [0, 0.1) is 0 Å². The first kappa shape index (κ1) is 10.6. The van der Waals surface area contributed by atoms with Gasteiger partial charge in [0.25, 0.3) is 0 Å². The fourth-order valence-electron chi connectivity index (χ4n) is 2.88. The standard InChI is InChI=1S/C13H17BrN2/c14-11-3-4-13-10(8-11)2-1-7-16(13)12-5-6-15-9-12/h3-4,8,12,15H,1-2,5-7,9H2/t12-/m1/s1. The van der Waals surface area contributed by atoms with Crippen LogP contribution in [-0.4, -0.2) is 25.7 Å². The number of benzene rings is 1. The Kier molecular flexibility index (Phi) is 2.90. The maximum Gasteiger partial charge on any atom is 0.0426 e. The van der Waals surface area contributed by atoms with Crippen molar-refractivity contribution in [3.05, 3.63) is 28.2 Å². The Morgan fingerprint density at radius 1 is 1.38 bits per heavy atom. The first-order chi connectivity index (χ1) is 7.84. The predicted octanol–water partition coefficient (Wildman–Crippen LogP) is 2.56. The van der Waals surface area contributed by atoms with E-state index in [4.69, 9.17) is 0 Å². The molecule has 0 saturated carbocycles. The Bertz CT molecular complexity index is 386. The molecule has 0 spiro atoms. The maximum absolute atomic E-state index is 3.56. The van der Waals surface area contributed by atoms with Crippen molar-refractivity contribution in [2.45, 2.75) is 25.3 Å². The molecule has 0 radical (unpaired) electrons. The van der Waals surface area contributed by atoms with Gasteiger partial charge in [-0.25, -0.2) is 0 Å². The second kappa shape index (κ2) is 4.38. The molecule has 16 heavy (non-hydrogen) atoms. The van der Waals surface area contributed by atoms with Crippen LogP contribution < -0.4 is 10.2 Å². The highest BCUT2D eigenvalue weighted by molar-refractivity contribution is 9.10. The third-order valence-electron chi connectivity index (χ3n) is 3.67. The van der Waals surface area contributed by atoms with Crippen LogP contribution in [0.25, 0.3) is 0 Å². The number of anilines is 1. The number of rotatable bonds is 1. The summed E-state index contributed by atoms with van der Waals surface area (Å²) in [6, 6.07) is 7.43. The summed E-state index contributed by atoms with van der Waals surface area (Å²) in [6.45, 7) is 3.55. The summed E-state index contributed by atoms with van der Waals surface area (Å²) in [7, 11) is 0. The van der Waals surface area contributed by atoms with Crippen LogP contribution in [0.3, 0.4) is 0 Å². The first-order valence-electron chi connectivity index (χ1n) is 6.10. The number of fused-ring (bicyclic) bond motifs is 1. The van der Waals surface area contributed by atoms with Gasteiger partial charge in [-0.15, -0.1) is 0 Å². The van der Waals surface area contributed by atoms with E-state index in [1.165, 1.54) is 48.1 Å². The van der Waals surface area contributed by atoms with E-state index < -0.39 is 0 Å². The number of nitrogens with zero attached hydrogens (tertiary/aromatic N) is 1. The smallest absolute Gasteiger partial charge is 0.0426 e. The lowest BCUT2D eigenvalue weighted by molar-refractivity contribution is 0.591. The number of nitrogens with one attached hydrogen (secondary N) is 1. The topological polar surface area (TPSA) is 15.3 Å². The largest absolute Gasteiger partial charge is 0.367 e. The van der Waals surface area contributed by atoms with Crippen molar-refractivity contribution in [1.82, 2.24) is 5.32 Å². The predicted molar refractivity (Wildman–Crippen MR) is 71.1 cm³/mol. The molecule has 3 heteroatoms. The van der Waals surface area contributed by atoms with Crippen molar-refractivity contribution in [2.75, 3.05) is 24.5 Å². The highest BCUT2D eigenvalue weighted by atomic mass is 79.9. The number of aryl methyl sites for hydroxylation is 1. The third kappa shape index (κ3) is 1.87. The maximum atomic E-state index is 3.56. The molecule has 0 aliphatic carbocycles. The molecular formula is C13H17BrN2. The molecule has 1 N–H and O–H groups in total. The Hall–Kier alpha value is -0.540. The van der Waals surface area contributed by atoms with E-state index in [0.29, 0.717) is 6.04 Å². The molecule has 3 rings (SSSR count). The van der Waals surface area contributed by atoms with Crippen LogP contribution in [0.2, 0.25) is 0 Å². The minimum Gasteiger partial charge on any atom is -0.367 e. The molecule has 86 valence electrons. The molecule has 2 nitrogen and oxygen atoms in total. The molecular weight excluding hydrogens is 264 g/mol. The fraction of sp³-hybridized carbons (Fsp3) is 0.538. The van der Waals surface area contributed by atoms with Gasteiger partial charge in [-0.05, 0) is 49.6 Å². The van der Waals surface area contributed by atoms with Gasteiger partial charge in [0, 0.05) is 29.3 Å². The zero-order valence-corrected chi connectivity index (χ0v) is 11.0. The van der Waals surface area contributed by atoms with E-state index in [1.807, 2.05) is 0 Å². The summed E-state index contributed by atoms with van der Waals surface area (Å²) in [6.07, 6.45) is 3.81. The Labute approximate surface area is 105 Å². The number of hydrogen-bond donors (Lipinski definition) is 1. The summed E-state index contributed by atoms with van der Waals surface area (Å²) in [5.74, 6) is 0. The summed E-state index contributed by atoms with van der Waals surface area (Å²) in [5.41, 5.74) is 2.97. The molecule has 1 fully saturated rings. The fourth-order valence-corrected chi connectivity index (χ4v) is 3.29. The van der Waals surface area contributed by atoms with Crippen molar-refractivity contribution >= 4 is 21.6 Å². The van der Waals surface area contributed by atoms with Gasteiger partial charge in [0.15, 0.2) is 0 Å². The van der Waals surface area contributed by atoms with Gasteiger partial charge < -0.3 is 10.2 Å². The highest BCUT2D eigenvalue weighted by Gasteiger charge is 2.26. The van der Waals surface area contributed by atoms with Crippen molar-refractivity contribution in [3.8, 4) is 0 Å². The Balaban J connectivity index is 1.93. The zero-order chi connectivity index (χ0) is 11.0. The van der Waals surface area contributed by atoms with Gasteiger partial charge in [0.1, 0.15) is 0 Å². The molecule has 1 saturated heterocycles. The lowest BCUT2D eigenvalue weighted by Gasteiger charge is -2.36. The minimum absolute atomic E-state index is 0.709. The summed E-state index contributed by atoms with van der Waals surface area (Å²) >= 11 is 3.56. The second-order valence-corrected chi connectivity index (χ2v) is 5.63. The van der Waals surface area contributed by atoms with Crippen molar-refractivity contribution in [1.29, 1.82) is 0 Å². The highest BCUT2D eigenvalue weighted by Crippen LogP contribution is 2.32. The van der Waals surface area contributed by atoms with E-state index >= 15 is 0 Å². The lowest BCUT2D eigenvalue weighted by atomic mass is 10.00. The summed E-state index contributed by atoms with van der Waals surface area (Å²) in [5, 5.41) is 3.46. The van der Waals surface area contributed by atoms with Crippen molar-refractivity contribution in [3.63, 3.8) is 0 Å². The zero-order valence-electron chi connectivity index (χ0n) is 9.38. The summed E-state index contributed by atoms with van der Waals surface area (Å²) in [4.78, 5) is 2.60. The third-order valence-corrected chi connectivity index (χ3v) is 4.16. The van der Waals surface area contributed by atoms with Crippen molar-refractivity contribution < 1.29 is 0 Å². The van der Waals surface area contributed by atoms with Gasteiger partial charge in [0.05, 0.1) is 0 Å². The van der Waals surface area contributed by atoms with Crippen LogP contribution in [0.1, 0.15) is 18.4 Å². The minimum atomic E-state index is 0.709. The number of halogens is 1. The molecule has 1 aromatic rings. The van der Waals surface area contributed by atoms with Gasteiger partial charge in [-0.3, -0.25) is 0 Å². The number of hydrogen-bond acceptors (Lipinski definition) is 2. The van der Waals surface area contributed by atoms with Crippen molar-refractivity contribution in [2.24, 2.45) is 0 Å².